The average Bonchev–Trinajstić information content (AvgIpc) is 2.77. The smallest absolute Gasteiger partial charge is 0.271 e. The van der Waals surface area contributed by atoms with Gasteiger partial charge in [-0.1, -0.05) is 6.07 Å². The van der Waals surface area contributed by atoms with Crippen LogP contribution in [0.5, 0.6) is 0 Å². The van der Waals surface area contributed by atoms with Crippen LogP contribution in [0.25, 0.3) is 5.69 Å². The topological polar surface area (TPSA) is 73.0 Å². The van der Waals surface area contributed by atoms with Crippen LogP contribution in [0.4, 0.5) is 5.69 Å². The van der Waals surface area contributed by atoms with Crippen LogP contribution in [-0.2, 0) is 13.0 Å². The van der Waals surface area contributed by atoms with E-state index >= 15 is 0 Å². The zero-order valence-corrected chi connectivity index (χ0v) is 10.6. The molecule has 1 aliphatic heterocycles. The van der Waals surface area contributed by atoms with Crippen LogP contribution in [0.15, 0.2) is 24.3 Å². The van der Waals surface area contributed by atoms with E-state index < -0.39 is 0 Å². The van der Waals surface area contributed by atoms with E-state index in [0.29, 0.717) is 0 Å². The lowest BCUT2D eigenvalue weighted by atomic mass is 10.1. The van der Waals surface area contributed by atoms with Crippen LogP contribution in [0.3, 0.4) is 0 Å². The predicted octanol–water partition coefficient (Wildman–Crippen LogP) is 1.73. The highest BCUT2D eigenvalue weighted by molar-refractivity contribution is 5.45. The van der Waals surface area contributed by atoms with Crippen molar-refractivity contribution in [2.24, 2.45) is 0 Å². The Morgan fingerprint density at radius 1 is 1.47 bits per heavy atom. The zero-order valence-electron chi connectivity index (χ0n) is 10.6. The lowest BCUT2D eigenvalue weighted by Crippen LogP contribution is -2.24. The molecule has 19 heavy (non-hydrogen) atoms. The van der Waals surface area contributed by atoms with E-state index in [9.17, 15) is 10.1 Å². The molecule has 0 unspecified atom stereocenters. The van der Waals surface area contributed by atoms with Crippen molar-refractivity contribution in [3.05, 3.63) is 51.3 Å². The number of nitrogens with one attached hydrogen (secondary N) is 1. The first-order valence-electron chi connectivity index (χ1n) is 6.20. The molecule has 6 nitrogen and oxygen atoms in total. The van der Waals surface area contributed by atoms with Gasteiger partial charge in [-0.3, -0.25) is 10.1 Å². The number of benzene rings is 1. The van der Waals surface area contributed by atoms with Gasteiger partial charge in [0.25, 0.3) is 5.69 Å². The van der Waals surface area contributed by atoms with Crippen molar-refractivity contribution in [1.29, 1.82) is 0 Å². The first-order valence-corrected chi connectivity index (χ1v) is 6.20. The summed E-state index contributed by atoms with van der Waals surface area (Å²) >= 11 is 0. The summed E-state index contributed by atoms with van der Waals surface area (Å²) in [6.07, 6.45) is 0.888. The van der Waals surface area contributed by atoms with Gasteiger partial charge >= 0.3 is 0 Å². The van der Waals surface area contributed by atoms with Crippen LogP contribution in [-0.4, -0.2) is 21.2 Å². The standard InChI is InChI=1S/C13H14N4O2/c1-9-12-8-14-6-5-13(12)16(15-9)10-3-2-4-11(7-10)17(18)19/h2-4,7,14H,5-6,8H2,1H3. The van der Waals surface area contributed by atoms with Crippen LogP contribution in [0, 0.1) is 17.0 Å². The molecule has 1 N–H and O–H groups in total. The van der Waals surface area contributed by atoms with Crippen molar-refractivity contribution >= 4 is 5.69 Å². The highest BCUT2D eigenvalue weighted by Crippen LogP contribution is 2.23. The Labute approximate surface area is 110 Å². The van der Waals surface area contributed by atoms with Crippen molar-refractivity contribution in [3.63, 3.8) is 0 Å². The van der Waals surface area contributed by atoms with E-state index in [1.807, 2.05) is 17.7 Å². The van der Waals surface area contributed by atoms with E-state index in [1.165, 1.54) is 11.6 Å². The summed E-state index contributed by atoms with van der Waals surface area (Å²) in [4.78, 5) is 10.5. The molecule has 1 aromatic heterocycles. The fourth-order valence-corrected chi connectivity index (χ4v) is 2.47. The molecule has 2 aromatic rings. The molecule has 98 valence electrons. The maximum Gasteiger partial charge on any atom is 0.271 e. The third kappa shape index (κ3) is 2.00. The molecule has 0 fully saturated rings. The van der Waals surface area contributed by atoms with Crippen LogP contribution in [0.2, 0.25) is 0 Å². The van der Waals surface area contributed by atoms with E-state index in [1.54, 1.807) is 12.1 Å². The van der Waals surface area contributed by atoms with Crippen molar-refractivity contribution < 1.29 is 4.92 Å². The van der Waals surface area contributed by atoms with E-state index in [4.69, 9.17) is 0 Å². The second-order valence-electron chi connectivity index (χ2n) is 4.63. The van der Waals surface area contributed by atoms with E-state index in [0.717, 1.165) is 36.6 Å². The zero-order chi connectivity index (χ0) is 13.4. The number of aryl methyl sites for hydroxylation is 1. The number of fused-ring (bicyclic) bond motifs is 1. The fraction of sp³-hybridized carbons (Fsp3) is 0.308. The van der Waals surface area contributed by atoms with Crippen LogP contribution >= 0.6 is 0 Å². The summed E-state index contributed by atoms with van der Waals surface area (Å²) in [6, 6.07) is 6.60. The Kier molecular flexibility index (Phi) is 2.79. The second-order valence-corrected chi connectivity index (χ2v) is 4.63. The molecule has 0 spiro atoms. The van der Waals surface area contributed by atoms with Crippen molar-refractivity contribution in [2.75, 3.05) is 6.54 Å². The predicted molar refractivity (Wildman–Crippen MR) is 70.4 cm³/mol. The number of nitrogens with zero attached hydrogens (tertiary/aromatic N) is 3. The van der Waals surface area contributed by atoms with Crippen molar-refractivity contribution in [2.45, 2.75) is 19.9 Å². The summed E-state index contributed by atoms with van der Waals surface area (Å²) in [7, 11) is 0. The molecule has 1 aromatic carbocycles. The highest BCUT2D eigenvalue weighted by Gasteiger charge is 2.19. The SMILES string of the molecule is Cc1nn(-c2cccc([N+](=O)[O-])c2)c2c1CNCC2. The maximum atomic E-state index is 10.8. The van der Waals surface area contributed by atoms with Gasteiger partial charge in [0.15, 0.2) is 0 Å². The molecular weight excluding hydrogens is 244 g/mol. The molecule has 0 radical (unpaired) electrons. The number of hydrogen-bond donors (Lipinski definition) is 1. The minimum absolute atomic E-state index is 0.0911. The summed E-state index contributed by atoms with van der Waals surface area (Å²) < 4.78 is 1.83. The third-order valence-corrected chi connectivity index (χ3v) is 3.42. The second kappa shape index (κ2) is 4.47. The number of aromatic nitrogens is 2. The normalized spacial score (nSPS) is 14.2. The largest absolute Gasteiger partial charge is 0.312 e. The molecule has 0 aliphatic carbocycles. The number of hydrogen-bond acceptors (Lipinski definition) is 4. The molecule has 1 aliphatic rings. The highest BCUT2D eigenvalue weighted by atomic mass is 16.6. The van der Waals surface area contributed by atoms with E-state index in [-0.39, 0.29) is 10.6 Å². The summed E-state index contributed by atoms with van der Waals surface area (Å²) in [5.74, 6) is 0. The minimum Gasteiger partial charge on any atom is -0.312 e. The van der Waals surface area contributed by atoms with Gasteiger partial charge in [0.2, 0.25) is 0 Å². The molecular formula is C13H14N4O2. The van der Waals surface area contributed by atoms with Crippen LogP contribution < -0.4 is 5.32 Å². The minimum atomic E-state index is -0.381. The monoisotopic (exact) mass is 258 g/mol. The quantitative estimate of drug-likeness (QED) is 0.657. The van der Waals surface area contributed by atoms with Gasteiger partial charge in [-0.15, -0.1) is 0 Å². The van der Waals surface area contributed by atoms with Crippen LogP contribution in [0.1, 0.15) is 17.0 Å². The lowest BCUT2D eigenvalue weighted by molar-refractivity contribution is -0.384. The van der Waals surface area contributed by atoms with Gasteiger partial charge in [-0.05, 0) is 13.0 Å². The van der Waals surface area contributed by atoms with Gasteiger partial charge in [0.05, 0.1) is 22.0 Å². The summed E-state index contributed by atoms with van der Waals surface area (Å²) in [5.41, 5.74) is 4.18. The van der Waals surface area contributed by atoms with Gasteiger partial charge in [0.1, 0.15) is 0 Å². The van der Waals surface area contributed by atoms with Gasteiger partial charge in [-0.2, -0.15) is 5.10 Å². The Balaban J connectivity index is 2.12. The Morgan fingerprint density at radius 2 is 2.32 bits per heavy atom. The molecule has 0 bridgehead atoms. The van der Waals surface area contributed by atoms with Gasteiger partial charge in [0, 0.05) is 37.2 Å². The number of non-ortho nitro benzene ring substituents is 1. The van der Waals surface area contributed by atoms with E-state index in [2.05, 4.69) is 10.4 Å². The molecule has 2 heterocycles. The molecule has 0 atom stereocenters. The first kappa shape index (κ1) is 11.9. The number of rotatable bonds is 2. The van der Waals surface area contributed by atoms with Crippen molar-refractivity contribution in [1.82, 2.24) is 15.1 Å². The maximum absolute atomic E-state index is 10.8. The Morgan fingerprint density at radius 3 is 3.11 bits per heavy atom. The van der Waals surface area contributed by atoms with Crippen molar-refractivity contribution in [3.8, 4) is 5.69 Å². The molecule has 3 rings (SSSR count). The summed E-state index contributed by atoms with van der Waals surface area (Å²) in [5, 5.41) is 18.7. The molecule has 0 saturated carbocycles. The number of nitro groups is 1. The molecule has 0 saturated heterocycles. The summed E-state index contributed by atoms with van der Waals surface area (Å²) in [6.45, 7) is 3.70. The Bertz CT molecular complexity index is 648. The first-order chi connectivity index (χ1) is 9.16. The van der Waals surface area contributed by atoms with Gasteiger partial charge in [-0.25, -0.2) is 4.68 Å². The van der Waals surface area contributed by atoms with Gasteiger partial charge < -0.3 is 5.32 Å². The lowest BCUT2D eigenvalue weighted by Gasteiger charge is -2.15. The third-order valence-electron chi connectivity index (χ3n) is 3.42. The molecule has 0 amide bonds. The molecule has 6 heteroatoms. The average molecular weight is 258 g/mol. The Hall–Kier alpha value is -2.21. The fourth-order valence-electron chi connectivity index (χ4n) is 2.47. The number of nitro benzene ring substituents is 1.